The lowest BCUT2D eigenvalue weighted by atomic mass is 9.96. The zero-order valence-electron chi connectivity index (χ0n) is 19.5. The van der Waals surface area contributed by atoms with Gasteiger partial charge in [0.25, 0.3) is 0 Å². The number of para-hydroxylation sites is 2. The van der Waals surface area contributed by atoms with Crippen LogP contribution in [-0.4, -0.2) is 78.5 Å². The quantitative estimate of drug-likeness (QED) is 0.740. The number of benzene rings is 1. The second kappa shape index (κ2) is 7.86. The maximum atomic E-state index is 12.8. The average Bonchev–Trinajstić information content (AvgIpc) is 3.05. The summed E-state index contributed by atoms with van der Waals surface area (Å²) in [6.07, 6.45) is 4.51. The summed E-state index contributed by atoms with van der Waals surface area (Å²) in [5.41, 5.74) is 2.34. The first-order chi connectivity index (χ1) is 15.7. The Hall–Kier alpha value is -2.88. The number of nitrogens with zero attached hydrogens (tertiary/aromatic N) is 5. The van der Waals surface area contributed by atoms with Crippen molar-refractivity contribution in [1.29, 1.82) is 0 Å². The Labute approximate surface area is 194 Å². The topological polar surface area (TPSA) is 101 Å². The number of anilines is 1. The van der Waals surface area contributed by atoms with E-state index in [1.54, 1.807) is 13.8 Å². The first-order valence-electron chi connectivity index (χ1n) is 11.3. The number of imidazole rings is 1. The number of aliphatic imine (C=N–C) groups is 2. The Morgan fingerprint density at radius 3 is 2.76 bits per heavy atom. The van der Waals surface area contributed by atoms with E-state index in [1.807, 2.05) is 35.9 Å². The van der Waals surface area contributed by atoms with Gasteiger partial charge in [-0.1, -0.05) is 12.1 Å². The van der Waals surface area contributed by atoms with Crippen LogP contribution in [-0.2, 0) is 14.6 Å². The van der Waals surface area contributed by atoms with Gasteiger partial charge >= 0.3 is 0 Å². The van der Waals surface area contributed by atoms with Crippen molar-refractivity contribution in [3.63, 3.8) is 0 Å². The molecule has 4 heterocycles. The van der Waals surface area contributed by atoms with E-state index in [2.05, 4.69) is 15.2 Å². The first-order valence-corrected chi connectivity index (χ1v) is 13.2. The number of amidine groups is 1. The molecule has 1 aromatic heterocycles. The van der Waals surface area contributed by atoms with Crippen molar-refractivity contribution in [2.45, 2.75) is 43.9 Å². The molecule has 2 saturated heterocycles. The van der Waals surface area contributed by atoms with Crippen molar-refractivity contribution in [3.8, 4) is 0 Å². The Balaban J connectivity index is 1.73. The number of fused-ring (bicyclic) bond motifs is 4. The maximum absolute atomic E-state index is 12.8. The van der Waals surface area contributed by atoms with Gasteiger partial charge in [-0.15, -0.1) is 0 Å². The van der Waals surface area contributed by atoms with Crippen LogP contribution in [0.4, 0.5) is 5.95 Å². The SMILES string of the molecule is CNc1nc2ccccc2n1C1=NCC(C(C)(C)S(C)(=O)=O)=C2OCC3CCCCN3C2=N1. The molecule has 5 rings (SSSR count). The van der Waals surface area contributed by atoms with E-state index in [9.17, 15) is 8.42 Å². The smallest absolute Gasteiger partial charge is 0.234 e. The number of sulfone groups is 1. The summed E-state index contributed by atoms with van der Waals surface area (Å²) in [7, 11) is -1.62. The Morgan fingerprint density at radius 1 is 1.21 bits per heavy atom. The third-order valence-corrected chi connectivity index (χ3v) is 9.12. The van der Waals surface area contributed by atoms with Gasteiger partial charge in [-0.3, -0.25) is 0 Å². The summed E-state index contributed by atoms with van der Waals surface area (Å²) in [5, 5.41) is 3.14. The summed E-state index contributed by atoms with van der Waals surface area (Å²) in [6.45, 7) is 5.01. The minimum atomic E-state index is -3.43. The van der Waals surface area contributed by atoms with Crippen LogP contribution in [0.1, 0.15) is 33.1 Å². The average molecular weight is 471 g/mol. The highest BCUT2D eigenvalue weighted by atomic mass is 32.2. The molecule has 1 aromatic carbocycles. The zero-order chi connectivity index (χ0) is 23.4. The molecule has 0 aliphatic carbocycles. The monoisotopic (exact) mass is 470 g/mol. The minimum Gasteiger partial charge on any atom is -0.487 e. The second-order valence-electron chi connectivity index (χ2n) is 9.31. The summed E-state index contributed by atoms with van der Waals surface area (Å²) >= 11 is 0. The zero-order valence-corrected chi connectivity index (χ0v) is 20.3. The molecule has 0 saturated carbocycles. The van der Waals surface area contributed by atoms with Gasteiger partial charge in [0.2, 0.25) is 11.9 Å². The van der Waals surface area contributed by atoms with Gasteiger partial charge in [0.1, 0.15) is 6.61 Å². The summed E-state index contributed by atoms with van der Waals surface area (Å²) in [4.78, 5) is 16.8. The number of aromatic nitrogens is 2. The number of hydrogen-bond acceptors (Lipinski definition) is 8. The molecule has 0 bridgehead atoms. The predicted octanol–water partition coefficient (Wildman–Crippen LogP) is 2.66. The number of nitrogens with one attached hydrogen (secondary N) is 1. The molecule has 2 fully saturated rings. The minimum absolute atomic E-state index is 0.173. The number of morpholine rings is 1. The van der Waals surface area contributed by atoms with Crippen LogP contribution in [0.2, 0.25) is 0 Å². The van der Waals surface area contributed by atoms with Crippen LogP contribution >= 0.6 is 0 Å². The molecule has 1 atom stereocenters. The molecule has 2 aromatic rings. The van der Waals surface area contributed by atoms with Crippen molar-refractivity contribution in [1.82, 2.24) is 14.5 Å². The van der Waals surface area contributed by atoms with Crippen molar-refractivity contribution in [2.24, 2.45) is 9.98 Å². The number of rotatable bonds is 3. The Bertz CT molecular complexity index is 1300. The van der Waals surface area contributed by atoms with Crippen molar-refractivity contribution >= 4 is 38.6 Å². The highest BCUT2D eigenvalue weighted by molar-refractivity contribution is 7.92. The fourth-order valence-corrected chi connectivity index (χ4v) is 5.33. The van der Waals surface area contributed by atoms with E-state index in [0.29, 0.717) is 35.7 Å². The molecular formula is C23H30N6O3S. The van der Waals surface area contributed by atoms with E-state index >= 15 is 0 Å². The van der Waals surface area contributed by atoms with Gasteiger partial charge in [-0.05, 0) is 45.2 Å². The summed E-state index contributed by atoms with van der Waals surface area (Å²) in [6, 6.07) is 8.05. The number of ether oxygens (including phenoxy) is 1. The van der Waals surface area contributed by atoms with Gasteiger partial charge in [-0.2, -0.15) is 4.99 Å². The molecule has 3 aliphatic heterocycles. The first kappa shape index (κ1) is 21.9. The normalized spacial score (nSPS) is 21.6. The standard InChI is InChI=1S/C23H30N6O3S/c1-23(2,33(4,30)31)16-13-25-22(29-18-11-6-5-10-17(18)26-21(29)24-3)27-20-19(16)32-14-15-9-7-8-12-28(15)20/h5-6,10-11,15H,7-9,12-14H2,1-4H3,(H,24,26). The molecule has 1 N–H and O–H groups in total. The second-order valence-corrected chi connectivity index (χ2v) is 11.9. The molecule has 1 unspecified atom stereocenters. The largest absolute Gasteiger partial charge is 0.487 e. The lowest BCUT2D eigenvalue weighted by molar-refractivity contribution is 0.0882. The van der Waals surface area contributed by atoms with E-state index in [4.69, 9.17) is 14.7 Å². The van der Waals surface area contributed by atoms with E-state index in [0.717, 1.165) is 36.8 Å². The van der Waals surface area contributed by atoms with Crippen LogP contribution in [0.3, 0.4) is 0 Å². The number of hydrogen-bond donors (Lipinski definition) is 1. The molecular weight excluding hydrogens is 440 g/mol. The van der Waals surface area contributed by atoms with E-state index < -0.39 is 14.6 Å². The van der Waals surface area contributed by atoms with Crippen LogP contribution < -0.4 is 5.32 Å². The van der Waals surface area contributed by atoms with Crippen LogP contribution in [0.5, 0.6) is 0 Å². The molecule has 9 nitrogen and oxygen atoms in total. The molecule has 3 aliphatic rings. The molecule has 0 amide bonds. The third kappa shape index (κ3) is 3.51. The Kier molecular flexibility index (Phi) is 5.23. The van der Waals surface area contributed by atoms with Crippen LogP contribution in [0, 0.1) is 0 Å². The highest BCUT2D eigenvalue weighted by Crippen LogP contribution is 2.35. The van der Waals surface area contributed by atoms with Crippen molar-refractivity contribution < 1.29 is 13.2 Å². The third-order valence-electron chi connectivity index (χ3n) is 7.02. The van der Waals surface area contributed by atoms with Crippen molar-refractivity contribution in [2.75, 3.05) is 38.3 Å². The van der Waals surface area contributed by atoms with Gasteiger partial charge < -0.3 is 15.0 Å². The fraction of sp³-hybridized carbons (Fsp3) is 0.522. The molecule has 0 radical (unpaired) electrons. The molecule has 0 spiro atoms. The lowest BCUT2D eigenvalue weighted by Crippen LogP contribution is -2.52. The molecule has 33 heavy (non-hydrogen) atoms. The maximum Gasteiger partial charge on any atom is 0.234 e. The molecule has 176 valence electrons. The van der Waals surface area contributed by atoms with Gasteiger partial charge in [0.15, 0.2) is 21.4 Å². The Morgan fingerprint density at radius 2 is 2.00 bits per heavy atom. The summed E-state index contributed by atoms with van der Waals surface area (Å²) < 4.78 is 32.6. The van der Waals surface area contributed by atoms with E-state index in [1.165, 1.54) is 6.26 Å². The number of piperidine rings is 1. The fourth-order valence-electron chi connectivity index (χ4n) is 4.72. The van der Waals surface area contributed by atoms with E-state index in [-0.39, 0.29) is 12.6 Å². The lowest BCUT2D eigenvalue weighted by Gasteiger charge is -2.43. The van der Waals surface area contributed by atoms with Crippen LogP contribution in [0.25, 0.3) is 11.0 Å². The highest BCUT2D eigenvalue weighted by Gasteiger charge is 2.43. The molecule has 10 heteroatoms. The van der Waals surface area contributed by atoms with Gasteiger partial charge in [-0.25, -0.2) is 23.0 Å². The van der Waals surface area contributed by atoms with Gasteiger partial charge in [0, 0.05) is 25.4 Å². The van der Waals surface area contributed by atoms with Crippen molar-refractivity contribution in [3.05, 3.63) is 35.6 Å². The summed E-state index contributed by atoms with van der Waals surface area (Å²) in [5.74, 6) is 2.32. The predicted molar refractivity (Wildman–Crippen MR) is 131 cm³/mol. The van der Waals surface area contributed by atoms with Gasteiger partial charge in [0.05, 0.1) is 28.4 Å². The van der Waals surface area contributed by atoms with Crippen LogP contribution in [0.15, 0.2) is 45.6 Å².